The molecule has 0 radical (unpaired) electrons. The van der Waals surface area contributed by atoms with E-state index in [-0.39, 0.29) is 24.3 Å². The Bertz CT molecular complexity index is 496. The maximum atomic E-state index is 13.1. The summed E-state index contributed by atoms with van der Waals surface area (Å²) in [5, 5.41) is 11.5. The third-order valence-electron chi connectivity index (χ3n) is 2.83. The predicted octanol–water partition coefficient (Wildman–Crippen LogP) is 3.22. The minimum atomic E-state index is -4.50. The first-order valence-corrected chi connectivity index (χ1v) is 6.14. The van der Waals surface area contributed by atoms with Crippen LogP contribution in [0.5, 0.6) is 0 Å². The van der Waals surface area contributed by atoms with Crippen molar-refractivity contribution >= 4 is 11.6 Å². The van der Waals surface area contributed by atoms with Crippen molar-refractivity contribution in [3.05, 3.63) is 29.3 Å². The first-order chi connectivity index (χ1) is 9.05. The van der Waals surface area contributed by atoms with Crippen LogP contribution in [0.15, 0.2) is 18.2 Å². The summed E-state index contributed by atoms with van der Waals surface area (Å²) in [6, 6.07) is 3.69. The van der Waals surface area contributed by atoms with Gasteiger partial charge in [0.2, 0.25) is 5.91 Å². The Hall–Kier alpha value is -1.56. The van der Waals surface area contributed by atoms with Crippen molar-refractivity contribution in [1.82, 2.24) is 0 Å². The van der Waals surface area contributed by atoms with E-state index in [9.17, 15) is 23.1 Å². The molecule has 0 unspecified atom stereocenters. The molecule has 1 aromatic rings. The molecular formula is C14H18F3NO2. The van der Waals surface area contributed by atoms with Gasteiger partial charge in [-0.15, -0.1) is 0 Å². The maximum Gasteiger partial charge on any atom is 0.416 e. The van der Waals surface area contributed by atoms with Gasteiger partial charge in [-0.2, -0.15) is 13.2 Å². The number of nitrogens with one attached hydrogen (secondary N) is 1. The number of rotatable bonds is 4. The molecule has 0 atom stereocenters. The molecule has 6 heteroatoms. The van der Waals surface area contributed by atoms with Crippen LogP contribution in [0.3, 0.4) is 0 Å². The highest BCUT2D eigenvalue weighted by molar-refractivity contribution is 5.88. The second kappa shape index (κ2) is 5.83. The molecule has 112 valence electrons. The average Bonchev–Trinajstić information content (AvgIpc) is 2.29. The van der Waals surface area contributed by atoms with Crippen LogP contribution in [0.25, 0.3) is 0 Å². The predicted molar refractivity (Wildman–Crippen MR) is 70.3 cm³/mol. The van der Waals surface area contributed by atoms with Crippen LogP contribution in [-0.4, -0.2) is 17.6 Å². The van der Waals surface area contributed by atoms with E-state index in [1.807, 2.05) is 0 Å². The number of alkyl halides is 3. The van der Waals surface area contributed by atoms with Crippen LogP contribution in [0.4, 0.5) is 18.9 Å². The van der Waals surface area contributed by atoms with Crippen LogP contribution < -0.4 is 5.32 Å². The lowest BCUT2D eigenvalue weighted by atomic mass is 9.85. The highest BCUT2D eigenvalue weighted by atomic mass is 19.4. The van der Waals surface area contributed by atoms with E-state index in [1.54, 1.807) is 13.8 Å². The Morgan fingerprint density at radius 2 is 1.90 bits per heavy atom. The number of amides is 1. The number of hydrogen-bond acceptors (Lipinski definition) is 2. The zero-order valence-corrected chi connectivity index (χ0v) is 11.6. The van der Waals surface area contributed by atoms with Crippen molar-refractivity contribution in [1.29, 1.82) is 0 Å². The van der Waals surface area contributed by atoms with E-state index in [1.165, 1.54) is 19.1 Å². The van der Waals surface area contributed by atoms with Gasteiger partial charge in [0.25, 0.3) is 0 Å². The molecule has 20 heavy (non-hydrogen) atoms. The number of hydrogen-bond donors (Lipinski definition) is 2. The fourth-order valence-electron chi connectivity index (χ4n) is 1.85. The number of anilines is 1. The molecule has 0 spiro atoms. The third-order valence-corrected chi connectivity index (χ3v) is 2.83. The van der Waals surface area contributed by atoms with Crippen LogP contribution in [0, 0.1) is 5.41 Å². The maximum absolute atomic E-state index is 13.1. The van der Waals surface area contributed by atoms with Gasteiger partial charge < -0.3 is 10.4 Å². The molecule has 1 amide bonds. The Kier molecular flexibility index (Phi) is 4.81. The summed E-state index contributed by atoms with van der Waals surface area (Å²) in [4.78, 5) is 10.9. The molecule has 0 fully saturated rings. The van der Waals surface area contributed by atoms with Gasteiger partial charge in [-0.3, -0.25) is 4.79 Å². The summed E-state index contributed by atoms with van der Waals surface area (Å²) in [5.41, 5.74) is -1.22. The lowest BCUT2D eigenvalue weighted by Crippen LogP contribution is -2.22. The molecular weight excluding hydrogens is 271 g/mol. The van der Waals surface area contributed by atoms with Crippen LogP contribution in [0.1, 0.15) is 31.9 Å². The summed E-state index contributed by atoms with van der Waals surface area (Å²) < 4.78 is 39.2. The van der Waals surface area contributed by atoms with Crippen LogP contribution in [0.2, 0.25) is 0 Å². The Labute approximate surface area is 115 Å². The smallest absolute Gasteiger partial charge is 0.396 e. The largest absolute Gasteiger partial charge is 0.416 e. The van der Waals surface area contributed by atoms with E-state index in [0.717, 1.165) is 6.07 Å². The van der Waals surface area contributed by atoms with Gasteiger partial charge in [0, 0.05) is 19.2 Å². The van der Waals surface area contributed by atoms with E-state index in [4.69, 9.17) is 0 Å². The van der Waals surface area contributed by atoms with Gasteiger partial charge >= 0.3 is 6.18 Å². The van der Waals surface area contributed by atoms with Crippen molar-refractivity contribution in [2.45, 2.75) is 33.4 Å². The lowest BCUT2D eigenvalue weighted by Gasteiger charge is -2.24. The number of carbonyl (C=O) groups is 1. The molecule has 0 heterocycles. The normalized spacial score (nSPS) is 12.3. The van der Waals surface area contributed by atoms with E-state index in [2.05, 4.69) is 5.32 Å². The van der Waals surface area contributed by atoms with Gasteiger partial charge in [0.15, 0.2) is 0 Å². The van der Waals surface area contributed by atoms with Gasteiger partial charge in [-0.1, -0.05) is 19.9 Å². The molecule has 0 aliphatic carbocycles. The quantitative estimate of drug-likeness (QED) is 0.894. The highest BCUT2D eigenvalue weighted by Gasteiger charge is 2.35. The van der Waals surface area contributed by atoms with Gasteiger partial charge in [-0.25, -0.2) is 0 Å². The van der Waals surface area contributed by atoms with Crippen molar-refractivity contribution in [3.63, 3.8) is 0 Å². The molecule has 0 saturated carbocycles. The van der Waals surface area contributed by atoms with Crippen LogP contribution in [-0.2, 0) is 17.4 Å². The van der Waals surface area contributed by atoms with Crippen LogP contribution >= 0.6 is 0 Å². The number of halogens is 3. The fraction of sp³-hybridized carbons (Fsp3) is 0.500. The summed E-state index contributed by atoms with van der Waals surface area (Å²) in [6.07, 6.45) is -4.41. The fourth-order valence-corrected chi connectivity index (χ4v) is 1.85. The average molecular weight is 289 g/mol. The van der Waals surface area contributed by atoms with E-state index < -0.39 is 23.1 Å². The number of carbonyl (C=O) groups excluding carboxylic acids is 1. The minimum absolute atomic E-state index is 0.0959. The molecule has 0 aliphatic rings. The second-order valence-corrected chi connectivity index (χ2v) is 5.55. The number of benzene rings is 1. The SMILES string of the molecule is CC(=O)Nc1ccc(CC(C)(C)CO)c(C(F)(F)F)c1. The first-order valence-electron chi connectivity index (χ1n) is 6.14. The van der Waals surface area contributed by atoms with Crippen molar-refractivity contribution in [2.24, 2.45) is 5.41 Å². The lowest BCUT2D eigenvalue weighted by molar-refractivity contribution is -0.138. The standard InChI is InChI=1S/C14H18F3NO2/c1-9(20)18-11-5-4-10(7-13(2,3)8-19)12(6-11)14(15,16)17/h4-6,19H,7-8H2,1-3H3,(H,18,20). The van der Waals surface area contributed by atoms with Crippen molar-refractivity contribution in [3.8, 4) is 0 Å². The molecule has 0 aliphatic heterocycles. The topological polar surface area (TPSA) is 49.3 Å². The summed E-state index contributed by atoms with van der Waals surface area (Å²) in [7, 11) is 0. The second-order valence-electron chi connectivity index (χ2n) is 5.55. The molecule has 0 aromatic heterocycles. The zero-order chi connectivity index (χ0) is 15.6. The highest BCUT2D eigenvalue weighted by Crippen LogP contribution is 2.36. The Balaban J connectivity index is 3.21. The number of aliphatic hydroxyl groups excluding tert-OH is 1. The summed E-state index contributed by atoms with van der Waals surface area (Å²) in [5.74, 6) is -0.429. The molecule has 0 saturated heterocycles. The number of aliphatic hydroxyl groups is 1. The summed E-state index contributed by atoms with van der Waals surface area (Å²) >= 11 is 0. The molecule has 2 N–H and O–H groups in total. The summed E-state index contributed by atoms with van der Waals surface area (Å²) in [6.45, 7) is 4.40. The zero-order valence-electron chi connectivity index (χ0n) is 11.6. The molecule has 1 aromatic carbocycles. The molecule has 3 nitrogen and oxygen atoms in total. The monoisotopic (exact) mass is 289 g/mol. The Morgan fingerprint density at radius 3 is 2.35 bits per heavy atom. The van der Waals surface area contributed by atoms with Gasteiger partial charge in [0.05, 0.1) is 5.56 Å². The third kappa shape index (κ3) is 4.52. The van der Waals surface area contributed by atoms with Crippen molar-refractivity contribution < 1.29 is 23.1 Å². The van der Waals surface area contributed by atoms with Crippen molar-refractivity contribution in [2.75, 3.05) is 11.9 Å². The van der Waals surface area contributed by atoms with E-state index in [0.29, 0.717) is 0 Å². The van der Waals surface area contributed by atoms with E-state index >= 15 is 0 Å². The molecule has 1 rings (SSSR count). The van der Waals surface area contributed by atoms with Gasteiger partial charge in [0.1, 0.15) is 0 Å². The first kappa shape index (κ1) is 16.5. The minimum Gasteiger partial charge on any atom is -0.396 e. The van der Waals surface area contributed by atoms with Gasteiger partial charge in [-0.05, 0) is 29.5 Å². The Morgan fingerprint density at radius 1 is 1.30 bits per heavy atom. The molecule has 0 bridgehead atoms.